The molecule has 0 aliphatic carbocycles. The molecule has 0 radical (unpaired) electrons. The number of piperidine rings is 1. The highest BCUT2D eigenvalue weighted by Crippen LogP contribution is 2.16. The van der Waals surface area contributed by atoms with Gasteiger partial charge in [0.2, 0.25) is 11.8 Å². The van der Waals surface area contributed by atoms with Crippen LogP contribution in [0.3, 0.4) is 0 Å². The van der Waals surface area contributed by atoms with Crippen LogP contribution in [0.2, 0.25) is 0 Å². The summed E-state index contributed by atoms with van der Waals surface area (Å²) in [7, 11) is 0. The Bertz CT molecular complexity index is 313. The maximum Gasteiger partial charge on any atom is 0.234 e. The maximum atomic E-state index is 11.9. The molecule has 1 fully saturated rings. The molecular weight excluding hydrogens is 280 g/mol. The van der Waals surface area contributed by atoms with Crippen LogP contribution in [0.25, 0.3) is 0 Å². The third-order valence-electron chi connectivity index (χ3n) is 3.14. The smallest absolute Gasteiger partial charge is 0.234 e. The van der Waals surface area contributed by atoms with Crippen molar-refractivity contribution in [3.8, 4) is 0 Å². The fourth-order valence-electron chi connectivity index (χ4n) is 2.32. The third kappa shape index (κ3) is 7.07. The molecule has 0 saturated carbocycles. The molecule has 1 rings (SSSR count). The topological polar surface area (TPSA) is 87.5 Å². The number of carbonyl (C=O) groups excluding carboxylic acids is 2. The van der Waals surface area contributed by atoms with Crippen LogP contribution in [-0.4, -0.2) is 55.5 Å². The lowest BCUT2D eigenvalue weighted by molar-refractivity contribution is -0.129. The van der Waals surface area contributed by atoms with E-state index < -0.39 is 0 Å². The van der Waals surface area contributed by atoms with Crippen LogP contribution in [0.1, 0.15) is 26.7 Å². The first-order chi connectivity index (χ1) is 9.02. The van der Waals surface area contributed by atoms with Crippen LogP contribution in [0.4, 0.5) is 0 Å². The summed E-state index contributed by atoms with van der Waals surface area (Å²) in [5, 5.41) is 5.69. The molecule has 118 valence electrons. The zero-order chi connectivity index (χ0) is 14.3. The number of nitrogens with two attached hydrogens (primary N) is 1. The minimum atomic E-state index is -0.0212. The Morgan fingerprint density at radius 1 is 1.40 bits per heavy atom. The van der Waals surface area contributed by atoms with Gasteiger partial charge < -0.3 is 16.4 Å². The maximum absolute atomic E-state index is 11.9. The molecule has 0 spiro atoms. The van der Waals surface area contributed by atoms with E-state index in [1.807, 2.05) is 18.7 Å². The van der Waals surface area contributed by atoms with Gasteiger partial charge in [0, 0.05) is 25.7 Å². The van der Waals surface area contributed by atoms with E-state index in [2.05, 4.69) is 10.6 Å². The lowest BCUT2D eigenvalue weighted by atomic mass is 9.97. The predicted octanol–water partition coefficient (Wildman–Crippen LogP) is -0.280. The van der Waals surface area contributed by atoms with Crippen LogP contribution < -0.4 is 16.4 Å². The number of hydrogen-bond donors (Lipinski definition) is 3. The lowest BCUT2D eigenvalue weighted by Gasteiger charge is -2.31. The van der Waals surface area contributed by atoms with Gasteiger partial charge in [0.1, 0.15) is 0 Å². The van der Waals surface area contributed by atoms with Gasteiger partial charge in [0.05, 0.1) is 12.5 Å². The van der Waals surface area contributed by atoms with Gasteiger partial charge in [0.25, 0.3) is 0 Å². The molecule has 6 nitrogen and oxygen atoms in total. The van der Waals surface area contributed by atoms with Gasteiger partial charge in [-0.2, -0.15) is 0 Å². The summed E-state index contributed by atoms with van der Waals surface area (Å²) in [5.74, 6) is 0.0598. The quantitative estimate of drug-likeness (QED) is 0.630. The number of amides is 2. The van der Waals surface area contributed by atoms with E-state index in [9.17, 15) is 9.59 Å². The van der Waals surface area contributed by atoms with Gasteiger partial charge in [-0.15, -0.1) is 12.4 Å². The second-order valence-electron chi connectivity index (χ2n) is 5.38. The second kappa shape index (κ2) is 9.96. The number of carbonyl (C=O) groups is 2. The third-order valence-corrected chi connectivity index (χ3v) is 3.14. The molecule has 1 saturated heterocycles. The summed E-state index contributed by atoms with van der Waals surface area (Å²) in [5.41, 5.74) is 5.37. The molecule has 20 heavy (non-hydrogen) atoms. The Balaban J connectivity index is 0.00000361. The molecule has 1 unspecified atom stereocenters. The number of rotatable bonds is 6. The number of hydrogen-bond acceptors (Lipinski definition) is 4. The van der Waals surface area contributed by atoms with Gasteiger partial charge >= 0.3 is 0 Å². The van der Waals surface area contributed by atoms with Gasteiger partial charge in [-0.1, -0.05) is 0 Å². The Morgan fingerprint density at radius 3 is 2.70 bits per heavy atom. The summed E-state index contributed by atoms with van der Waals surface area (Å²) in [6.45, 7) is 6.77. The predicted molar refractivity (Wildman–Crippen MR) is 81.8 cm³/mol. The zero-order valence-electron chi connectivity index (χ0n) is 12.4. The Labute approximate surface area is 127 Å². The van der Waals surface area contributed by atoms with Crippen molar-refractivity contribution < 1.29 is 9.59 Å². The summed E-state index contributed by atoms with van der Waals surface area (Å²) < 4.78 is 0. The highest BCUT2D eigenvalue weighted by Gasteiger charge is 2.26. The molecule has 7 heteroatoms. The first-order valence-electron chi connectivity index (χ1n) is 7.02. The fourth-order valence-corrected chi connectivity index (χ4v) is 2.32. The molecule has 1 heterocycles. The van der Waals surface area contributed by atoms with Crippen LogP contribution in [-0.2, 0) is 9.59 Å². The largest absolute Gasteiger partial charge is 0.355 e. The molecule has 2 amide bonds. The number of nitrogens with zero attached hydrogens (tertiary/aromatic N) is 1. The van der Waals surface area contributed by atoms with Crippen LogP contribution >= 0.6 is 12.4 Å². The van der Waals surface area contributed by atoms with Crippen LogP contribution in [0.15, 0.2) is 0 Å². The van der Waals surface area contributed by atoms with E-state index in [1.165, 1.54) is 0 Å². The SMILES string of the molecule is CC(C)NC(=O)CN1CCCC(C(=O)NCCN)C1.Cl. The highest BCUT2D eigenvalue weighted by atomic mass is 35.5. The molecule has 1 aliphatic heterocycles. The van der Waals surface area contributed by atoms with Crippen molar-refractivity contribution >= 4 is 24.2 Å². The van der Waals surface area contributed by atoms with Crippen molar-refractivity contribution in [1.29, 1.82) is 0 Å². The summed E-state index contributed by atoms with van der Waals surface area (Å²) >= 11 is 0. The Morgan fingerprint density at radius 2 is 2.10 bits per heavy atom. The van der Waals surface area contributed by atoms with Crippen LogP contribution in [0, 0.1) is 5.92 Å². The van der Waals surface area contributed by atoms with Crippen molar-refractivity contribution in [2.24, 2.45) is 11.7 Å². The number of nitrogens with one attached hydrogen (secondary N) is 2. The molecule has 0 bridgehead atoms. The van der Waals surface area contributed by atoms with Crippen molar-refractivity contribution in [2.75, 3.05) is 32.7 Å². The molecule has 0 aromatic carbocycles. The van der Waals surface area contributed by atoms with E-state index in [0.717, 1.165) is 19.4 Å². The fraction of sp³-hybridized carbons (Fsp3) is 0.846. The minimum Gasteiger partial charge on any atom is -0.355 e. The van der Waals surface area contributed by atoms with E-state index in [4.69, 9.17) is 5.73 Å². The second-order valence-corrected chi connectivity index (χ2v) is 5.38. The van der Waals surface area contributed by atoms with Gasteiger partial charge in [-0.3, -0.25) is 14.5 Å². The average Bonchev–Trinajstić information content (AvgIpc) is 2.35. The Hall–Kier alpha value is -0.850. The highest BCUT2D eigenvalue weighted by molar-refractivity contribution is 5.85. The molecule has 1 atom stereocenters. The molecule has 4 N–H and O–H groups in total. The van der Waals surface area contributed by atoms with E-state index >= 15 is 0 Å². The molecule has 1 aliphatic rings. The lowest BCUT2D eigenvalue weighted by Crippen LogP contribution is -2.47. The van der Waals surface area contributed by atoms with Crippen molar-refractivity contribution in [2.45, 2.75) is 32.7 Å². The van der Waals surface area contributed by atoms with Gasteiger partial charge in [-0.05, 0) is 33.2 Å². The van der Waals surface area contributed by atoms with E-state index in [0.29, 0.717) is 26.2 Å². The minimum absolute atomic E-state index is 0. The number of halogens is 1. The monoisotopic (exact) mass is 306 g/mol. The van der Waals surface area contributed by atoms with Crippen molar-refractivity contribution in [1.82, 2.24) is 15.5 Å². The summed E-state index contributed by atoms with van der Waals surface area (Å²) in [6.07, 6.45) is 1.84. The first kappa shape index (κ1) is 19.1. The Kier molecular flexibility index (Phi) is 9.54. The normalized spacial score (nSPS) is 19.3. The first-order valence-corrected chi connectivity index (χ1v) is 7.02. The van der Waals surface area contributed by atoms with Crippen LogP contribution in [0.5, 0.6) is 0 Å². The molecular formula is C13H27ClN4O2. The zero-order valence-corrected chi connectivity index (χ0v) is 13.2. The average molecular weight is 307 g/mol. The summed E-state index contributed by atoms with van der Waals surface area (Å²) in [6, 6.07) is 0.154. The van der Waals surface area contributed by atoms with Crippen molar-refractivity contribution in [3.63, 3.8) is 0 Å². The number of likely N-dealkylation sites (tertiary alicyclic amines) is 1. The molecule has 0 aromatic heterocycles. The standard InChI is InChI=1S/C13H26N4O2.ClH/c1-10(2)16-12(18)9-17-7-3-4-11(8-17)13(19)15-6-5-14;/h10-11H,3-9,14H2,1-2H3,(H,15,19)(H,16,18);1H. The van der Waals surface area contributed by atoms with E-state index in [-0.39, 0.29) is 36.2 Å². The van der Waals surface area contributed by atoms with Gasteiger partial charge in [0.15, 0.2) is 0 Å². The van der Waals surface area contributed by atoms with E-state index in [1.54, 1.807) is 0 Å². The summed E-state index contributed by atoms with van der Waals surface area (Å²) in [4.78, 5) is 25.6. The molecule has 0 aromatic rings. The van der Waals surface area contributed by atoms with Gasteiger partial charge in [-0.25, -0.2) is 0 Å². The van der Waals surface area contributed by atoms with Crippen molar-refractivity contribution in [3.05, 3.63) is 0 Å².